The number of hydrogen-bond acceptors (Lipinski definition) is 3. The third-order valence-corrected chi connectivity index (χ3v) is 5.32. The summed E-state index contributed by atoms with van der Waals surface area (Å²) in [6, 6.07) is 8.62. The van der Waals surface area contributed by atoms with Gasteiger partial charge in [-0.25, -0.2) is 0 Å². The highest BCUT2D eigenvalue weighted by molar-refractivity contribution is 5.85. The van der Waals surface area contributed by atoms with Gasteiger partial charge in [0.25, 0.3) is 0 Å². The van der Waals surface area contributed by atoms with Crippen molar-refractivity contribution in [3.8, 4) is 0 Å². The van der Waals surface area contributed by atoms with Crippen molar-refractivity contribution < 1.29 is 9.53 Å². The fourth-order valence-electron chi connectivity index (χ4n) is 3.76. The summed E-state index contributed by atoms with van der Waals surface area (Å²) in [5.74, 6) is 0.546. The van der Waals surface area contributed by atoms with E-state index in [0.29, 0.717) is 25.7 Å². The SMILES string of the molecule is Cl.NCC1(C(=O)NCC2CCCc3ccccc32)CCOCC1. The number of ether oxygens (including phenoxy) is 1. The molecule has 128 valence electrons. The molecule has 3 rings (SSSR count). The van der Waals surface area contributed by atoms with Crippen molar-refractivity contribution in [2.24, 2.45) is 11.1 Å². The molecule has 23 heavy (non-hydrogen) atoms. The maximum absolute atomic E-state index is 12.7. The van der Waals surface area contributed by atoms with Gasteiger partial charge < -0.3 is 15.8 Å². The first-order valence-electron chi connectivity index (χ1n) is 8.39. The van der Waals surface area contributed by atoms with Crippen LogP contribution in [0.2, 0.25) is 0 Å². The van der Waals surface area contributed by atoms with Crippen molar-refractivity contribution in [2.45, 2.75) is 38.0 Å². The van der Waals surface area contributed by atoms with Crippen molar-refractivity contribution in [3.63, 3.8) is 0 Å². The first kappa shape index (κ1) is 18.2. The normalized spacial score (nSPS) is 22.6. The van der Waals surface area contributed by atoms with Crippen molar-refractivity contribution in [1.29, 1.82) is 0 Å². The van der Waals surface area contributed by atoms with Crippen LogP contribution < -0.4 is 11.1 Å². The molecule has 0 aromatic heterocycles. The predicted octanol–water partition coefficient (Wildman–Crippen LogP) is 2.40. The van der Waals surface area contributed by atoms with Crippen LogP contribution in [0.15, 0.2) is 24.3 Å². The summed E-state index contributed by atoms with van der Waals surface area (Å²) in [6.07, 6.45) is 4.97. The summed E-state index contributed by atoms with van der Waals surface area (Å²) in [6.45, 7) is 2.40. The van der Waals surface area contributed by atoms with Crippen molar-refractivity contribution in [3.05, 3.63) is 35.4 Å². The molecule has 3 N–H and O–H groups in total. The van der Waals surface area contributed by atoms with Crippen LogP contribution in [0, 0.1) is 5.41 Å². The van der Waals surface area contributed by atoms with Crippen LogP contribution in [0.3, 0.4) is 0 Å². The molecule has 4 nitrogen and oxygen atoms in total. The smallest absolute Gasteiger partial charge is 0.227 e. The topological polar surface area (TPSA) is 64.4 Å². The lowest BCUT2D eigenvalue weighted by molar-refractivity contribution is -0.136. The van der Waals surface area contributed by atoms with Crippen LogP contribution in [0.1, 0.15) is 42.7 Å². The van der Waals surface area contributed by atoms with Gasteiger partial charge in [-0.05, 0) is 43.2 Å². The van der Waals surface area contributed by atoms with E-state index in [1.54, 1.807) is 0 Å². The molecule has 1 atom stereocenters. The molecule has 1 aliphatic heterocycles. The summed E-state index contributed by atoms with van der Waals surface area (Å²) >= 11 is 0. The molecule has 0 spiro atoms. The number of benzene rings is 1. The molecule has 1 aromatic carbocycles. The predicted molar refractivity (Wildman–Crippen MR) is 93.9 cm³/mol. The van der Waals surface area contributed by atoms with Crippen LogP contribution in [0.5, 0.6) is 0 Å². The number of nitrogens with one attached hydrogen (secondary N) is 1. The molecule has 0 bridgehead atoms. The lowest BCUT2D eigenvalue weighted by Gasteiger charge is -2.35. The fraction of sp³-hybridized carbons (Fsp3) is 0.611. The molecule has 0 radical (unpaired) electrons. The van der Waals surface area contributed by atoms with Crippen LogP contribution in [-0.2, 0) is 16.0 Å². The Morgan fingerprint density at radius 1 is 1.30 bits per heavy atom. The average molecular weight is 339 g/mol. The van der Waals surface area contributed by atoms with Crippen molar-refractivity contribution >= 4 is 18.3 Å². The number of hydrogen-bond donors (Lipinski definition) is 2. The van der Waals surface area contributed by atoms with E-state index in [1.807, 2.05) is 0 Å². The zero-order valence-corrected chi connectivity index (χ0v) is 14.4. The molecule has 1 fully saturated rings. The maximum atomic E-state index is 12.7. The number of carbonyl (C=O) groups excluding carboxylic acids is 1. The maximum Gasteiger partial charge on any atom is 0.227 e. The summed E-state index contributed by atoms with van der Waals surface area (Å²) in [4.78, 5) is 12.7. The van der Waals surface area contributed by atoms with Gasteiger partial charge in [0.1, 0.15) is 0 Å². The molecule has 1 amide bonds. The largest absolute Gasteiger partial charge is 0.381 e. The molecule has 2 aliphatic rings. The van der Waals surface area contributed by atoms with E-state index < -0.39 is 5.41 Å². The van der Waals surface area contributed by atoms with Gasteiger partial charge in [0, 0.05) is 32.2 Å². The highest BCUT2D eigenvalue weighted by Gasteiger charge is 2.38. The van der Waals surface area contributed by atoms with Gasteiger partial charge in [-0.1, -0.05) is 24.3 Å². The van der Waals surface area contributed by atoms with E-state index in [2.05, 4.69) is 29.6 Å². The lowest BCUT2D eigenvalue weighted by atomic mass is 9.78. The van der Waals surface area contributed by atoms with Gasteiger partial charge in [0.2, 0.25) is 5.91 Å². The molecule has 5 heteroatoms. The molecular weight excluding hydrogens is 312 g/mol. The van der Waals surface area contributed by atoms with Crippen LogP contribution in [-0.4, -0.2) is 32.2 Å². The first-order chi connectivity index (χ1) is 10.7. The summed E-state index contributed by atoms with van der Waals surface area (Å²) < 4.78 is 5.38. The van der Waals surface area contributed by atoms with Gasteiger partial charge >= 0.3 is 0 Å². The first-order valence-corrected chi connectivity index (χ1v) is 8.39. The minimum atomic E-state index is -0.424. The third-order valence-electron chi connectivity index (χ3n) is 5.32. The van der Waals surface area contributed by atoms with E-state index in [-0.39, 0.29) is 18.3 Å². The molecule has 0 saturated carbocycles. The zero-order chi connectivity index (χ0) is 15.4. The van der Waals surface area contributed by atoms with E-state index >= 15 is 0 Å². The lowest BCUT2D eigenvalue weighted by Crippen LogP contribution is -2.50. The Balaban J connectivity index is 0.00000192. The Kier molecular flexibility index (Phi) is 6.45. The molecular formula is C18H27ClN2O2. The second-order valence-corrected chi connectivity index (χ2v) is 6.59. The minimum absolute atomic E-state index is 0. The second kappa shape index (κ2) is 8.13. The van der Waals surface area contributed by atoms with Crippen LogP contribution in [0.25, 0.3) is 0 Å². The average Bonchev–Trinajstić information content (AvgIpc) is 2.60. The monoisotopic (exact) mass is 338 g/mol. The van der Waals surface area contributed by atoms with E-state index in [9.17, 15) is 4.79 Å². The Bertz CT molecular complexity index is 530. The van der Waals surface area contributed by atoms with E-state index in [4.69, 9.17) is 10.5 Å². The van der Waals surface area contributed by atoms with Gasteiger partial charge in [0.05, 0.1) is 5.41 Å². The van der Waals surface area contributed by atoms with E-state index in [1.165, 1.54) is 17.5 Å². The van der Waals surface area contributed by atoms with E-state index in [0.717, 1.165) is 32.2 Å². The number of fused-ring (bicyclic) bond motifs is 1. The number of rotatable bonds is 4. The number of carbonyl (C=O) groups is 1. The Morgan fingerprint density at radius 3 is 2.78 bits per heavy atom. The van der Waals surface area contributed by atoms with Crippen molar-refractivity contribution in [1.82, 2.24) is 5.32 Å². The standard InChI is InChI=1S/C18H26N2O2.ClH/c19-13-18(8-10-22-11-9-18)17(21)20-12-15-6-3-5-14-4-1-2-7-16(14)15;/h1-2,4,7,15H,3,5-6,8-13,19H2,(H,20,21);1H. The molecule has 1 saturated heterocycles. The number of halogens is 1. The Morgan fingerprint density at radius 2 is 2.04 bits per heavy atom. The van der Waals surface area contributed by atoms with Gasteiger partial charge in [0.15, 0.2) is 0 Å². The van der Waals surface area contributed by atoms with Crippen LogP contribution >= 0.6 is 12.4 Å². The number of amides is 1. The van der Waals surface area contributed by atoms with Gasteiger partial charge in [-0.2, -0.15) is 0 Å². The highest BCUT2D eigenvalue weighted by Crippen LogP contribution is 2.32. The molecule has 1 heterocycles. The van der Waals surface area contributed by atoms with Gasteiger partial charge in [-0.3, -0.25) is 4.79 Å². The molecule has 1 aliphatic carbocycles. The number of nitrogens with two attached hydrogens (primary N) is 1. The summed E-state index contributed by atoms with van der Waals surface area (Å²) in [5, 5.41) is 3.18. The highest BCUT2D eigenvalue weighted by atomic mass is 35.5. The number of aryl methyl sites for hydroxylation is 1. The van der Waals surface area contributed by atoms with Gasteiger partial charge in [-0.15, -0.1) is 12.4 Å². The minimum Gasteiger partial charge on any atom is -0.381 e. The summed E-state index contributed by atoms with van der Waals surface area (Å²) in [5.41, 5.74) is 8.33. The van der Waals surface area contributed by atoms with Crippen LogP contribution in [0.4, 0.5) is 0 Å². The Labute approximate surface area is 144 Å². The summed E-state index contributed by atoms with van der Waals surface area (Å²) in [7, 11) is 0. The fourth-order valence-corrected chi connectivity index (χ4v) is 3.76. The second-order valence-electron chi connectivity index (χ2n) is 6.59. The quantitative estimate of drug-likeness (QED) is 0.886. The Hall–Kier alpha value is -1.10. The third kappa shape index (κ3) is 3.87. The molecule has 1 aromatic rings. The molecule has 1 unspecified atom stereocenters. The zero-order valence-electron chi connectivity index (χ0n) is 13.6. The van der Waals surface area contributed by atoms with Crippen molar-refractivity contribution in [2.75, 3.05) is 26.3 Å².